The quantitative estimate of drug-likeness (QED) is 0.823. The lowest BCUT2D eigenvalue weighted by molar-refractivity contribution is -0.139. The van der Waals surface area contributed by atoms with E-state index in [1.54, 1.807) is 11.8 Å². The summed E-state index contributed by atoms with van der Waals surface area (Å²) in [5, 5.41) is 9.48. The molecular formula is C13H17N3O3. The number of carboxylic acids is 1. The molecule has 1 aromatic heterocycles. The van der Waals surface area contributed by atoms with E-state index in [4.69, 9.17) is 0 Å². The van der Waals surface area contributed by atoms with Gasteiger partial charge in [-0.15, -0.1) is 0 Å². The van der Waals surface area contributed by atoms with E-state index in [2.05, 4.69) is 9.97 Å². The molecule has 2 fully saturated rings. The second-order valence-corrected chi connectivity index (χ2v) is 5.48. The zero-order chi connectivity index (χ0) is 13.6. The Morgan fingerprint density at radius 3 is 3.00 bits per heavy atom. The number of aromatic amines is 1. The summed E-state index contributed by atoms with van der Waals surface area (Å²) < 4.78 is 0. The molecule has 6 heteroatoms. The van der Waals surface area contributed by atoms with E-state index in [1.807, 2.05) is 0 Å². The Bertz CT molecular complexity index is 568. The van der Waals surface area contributed by atoms with Crippen molar-refractivity contribution in [2.75, 3.05) is 11.4 Å². The summed E-state index contributed by atoms with van der Waals surface area (Å²) in [5.74, 6) is 0.808. The molecule has 3 unspecified atom stereocenters. The minimum Gasteiger partial charge on any atom is -0.480 e. The average molecular weight is 263 g/mol. The Labute approximate surface area is 110 Å². The molecule has 1 aromatic rings. The van der Waals surface area contributed by atoms with Gasteiger partial charge in [0.25, 0.3) is 5.56 Å². The first-order valence-electron chi connectivity index (χ1n) is 6.63. The average Bonchev–Trinajstić information content (AvgIpc) is 2.85. The zero-order valence-electron chi connectivity index (χ0n) is 10.8. The summed E-state index contributed by atoms with van der Waals surface area (Å²) in [5.41, 5.74) is -0.233. The van der Waals surface area contributed by atoms with Gasteiger partial charge in [-0.05, 0) is 31.6 Å². The first kappa shape index (κ1) is 12.2. The molecule has 19 heavy (non-hydrogen) atoms. The van der Waals surface area contributed by atoms with Gasteiger partial charge in [0.1, 0.15) is 17.7 Å². The van der Waals surface area contributed by atoms with Crippen LogP contribution in [0, 0.1) is 18.8 Å². The Morgan fingerprint density at radius 2 is 2.32 bits per heavy atom. The van der Waals surface area contributed by atoms with Crippen LogP contribution in [0.15, 0.2) is 10.9 Å². The lowest BCUT2D eigenvalue weighted by Gasteiger charge is -2.25. The number of H-pyrrole nitrogens is 1. The molecule has 3 atom stereocenters. The van der Waals surface area contributed by atoms with Crippen LogP contribution in [0.5, 0.6) is 0 Å². The second-order valence-electron chi connectivity index (χ2n) is 5.48. The molecule has 2 heterocycles. The van der Waals surface area contributed by atoms with E-state index >= 15 is 0 Å². The molecule has 0 bridgehead atoms. The number of carboxylic acid groups (broad SMARTS) is 1. The van der Waals surface area contributed by atoms with Gasteiger partial charge in [-0.2, -0.15) is 0 Å². The second kappa shape index (κ2) is 4.36. The monoisotopic (exact) mass is 263 g/mol. The van der Waals surface area contributed by atoms with Gasteiger partial charge in [0, 0.05) is 12.6 Å². The molecular weight excluding hydrogens is 246 g/mol. The van der Waals surface area contributed by atoms with E-state index in [-0.39, 0.29) is 11.5 Å². The number of hydrogen-bond donors (Lipinski definition) is 2. The molecule has 2 N–H and O–H groups in total. The molecule has 1 saturated carbocycles. The summed E-state index contributed by atoms with van der Waals surface area (Å²) in [6, 6.07) is 0.852. The minimum absolute atomic E-state index is 0.193. The van der Waals surface area contributed by atoms with Gasteiger partial charge >= 0.3 is 5.97 Å². The largest absolute Gasteiger partial charge is 0.480 e. The first-order valence-corrected chi connectivity index (χ1v) is 6.63. The van der Waals surface area contributed by atoms with Gasteiger partial charge in [0.05, 0.1) is 0 Å². The predicted molar refractivity (Wildman–Crippen MR) is 69.2 cm³/mol. The molecule has 3 rings (SSSR count). The Hall–Kier alpha value is -1.85. The van der Waals surface area contributed by atoms with Crippen molar-refractivity contribution in [3.8, 4) is 0 Å². The van der Waals surface area contributed by atoms with Crippen molar-refractivity contribution >= 4 is 11.8 Å². The number of hydrogen-bond acceptors (Lipinski definition) is 4. The van der Waals surface area contributed by atoms with Crippen LogP contribution in [0.1, 0.15) is 25.1 Å². The minimum atomic E-state index is -0.811. The third kappa shape index (κ3) is 2.01. The lowest BCUT2D eigenvalue weighted by Crippen LogP contribution is -2.40. The van der Waals surface area contributed by atoms with Crippen LogP contribution < -0.4 is 10.5 Å². The summed E-state index contributed by atoms with van der Waals surface area (Å²) in [4.78, 5) is 31.7. The van der Waals surface area contributed by atoms with Crippen molar-refractivity contribution in [3.05, 3.63) is 22.2 Å². The zero-order valence-corrected chi connectivity index (χ0v) is 10.8. The fraction of sp³-hybridized carbons (Fsp3) is 0.615. The van der Waals surface area contributed by atoms with Crippen molar-refractivity contribution in [1.82, 2.24) is 9.97 Å². The topological polar surface area (TPSA) is 86.3 Å². The summed E-state index contributed by atoms with van der Waals surface area (Å²) in [6.45, 7) is 2.40. The first-order chi connectivity index (χ1) is 9.06. The smallest absolute Gasteiger partial charge is 0.326 e. The van der Waals surface area contributed by atoms with Crippen LogP contribution in [0.4, 0.5) is 5.82 Å². The number of rotatable bonds is 2. The highest BCUT2D eigenvalue weighted by Crippen LogP contribution is 2.43. The number of carbonyl (C=O) groups is 1. The van der Waals surface area contributed by atoms with Gasteiger partial charge in [-0.1, -0.05) is 6.42 Å². The van der Waals surface area contributed by atoms with E-state index in [0.717, 1.165) is 19.3 Å². The molecule has 1 saturated heterocycles. The third-order valence-corrected chi connectivity index (χ3v) is 4.28. The van der Waals surface area contributed by atoms with Gasteiger partial charge < -0.3 is 15.0 Å². The fourth-order valence-electron chi connectivity index (χ4n) is 3.57. The van der Waals surface area contributed by atoms with Gasteiger partial charge in [-0.3, -0.25) is 4.79 Å². The summed E-state index contributed by atoms with van der Waals surface area (Å²) in [7, 11) is 0. The van der Waals surface area contributed by atoms with Crippen LogP contribution in [0.2, 0.25) is 0 Å². The van der Waals surface area contributed by atoms with Crippen molar-refractivity contribution < 1.29 is 9.90 Å². The molecule has 0 aromatic carbocycles. The van der Waals surface area contributed by atoms with Gasteiger partial charge in [0.2, 0.25) is 0 Å². The molecule has 6 nitrogen and oxygen atoms in total. The van der Waals surface area contributed by atoms with E-state index < -0.39 is 12.0 Å². The third-order valence-electron chi connectivity index (χ3n) is 4.28. The number of anilines is 1. The van der Waals surface area contributed by atoms with Crippen molar-refractivity contribution in [3.63, 3.8) is 0 Å². The number of nitrogens with one attached hydrogen (secondary N) is 1. The maximum absolute atomic E-state index is 11.5. The lowest BCUT2D eigenvalue weighted by atomic mass is 9.94. The number of aryl methyl sites for hydroxylation is 1. The maximum Gasteiger partial charge on any atom is 0.326 e. The number of aliphatic carboxylic acids is 1. The van der Waals surface area contributed by atoms with Crippen LogP contribution in [0.3, 0.4) is 0 Å². The normalized spacial score (nSPS) is 29.5. The fourth-order valence-corrected chi connectivity index (χ4v) is 3.57. The SMILES string of the molecule is Cc1nc(N2CC3CCCC3C2C(=O)O)cc(=O)[nH]1. The Kier molecular flexibility index (Phi) is 2.80. The maximum atomic E-state index is 11.5. The van der Waals surface area contributed by atoms with E-state index in [0.29, 0.717) is 24.1 Å². The highest BCUT2D eigenvalue weighted by molar-refractivity contribution is 5.79. The highest BCUT2D eigenvalue weighted by Gasteiger charge is 2.48. The molecule has 0 radical (unpaired) electrons. The Balaban J connectivity index is 1.99. The van der Waals surface area contributed by atoms with Crippen LogP contribution >= 0.6 is 0 Å². The predicted octanol–water partition coefficient (Wildman–Crippen LogP) is 0.768. The number of nitrogens with zero attached hydrogens (tertiary/aromatic N) is 2. The van der Waals surface area contributed by atoms with Crippen molar-refractivity contribution in [2.24, 2.45) is 11.8 Å². The van der Waals surface area contributed by atoms with Crippen molar-refractivity contribution in [1.29, 1.82) is 0 Å². The number of fused-ring (bicyclic) bond motifs is 1. The number of aromatic nitrogens is 2. The molecule has 2 aliphatic rings. The summed E-state index contributed by atoms with van der Waals surface area (Å²) in [6.07, 6.45) is 3.14. The molecule has 0 spiro atoms. The standard InChI is InChI=1S/C13H17N3O3/c1-7-14-10(5-11(17)15-7)16-6-8-3-2-4-9(8)12(16)13(18)19/h5,8-9,12H,2-4,6H2,1H3,(H,18,19)(H,14,15,17). The van der Waals surface area contributed by atoms with E-state index in [1.165, 1.54) is 6.07 Å². The van der Waals surface area contributed by atoms with Crippen LogP contribution in [0.25, 0.3) is 0 Å². The molecule has 102 valence electrons. The van der Waals surface area contributed by atoms with E-state index in [9.17, 15) is 14.7 Å². The van der Waals surface area contributed by atoms with Crippen molar-refractivity contribution in [2.45, 2.75) is 32.2 Å². The van der Waals surface area contributed by atoms with Gasteiger partial charge in [0.15, 0.2) is 0 Å². The Morgan fingerprint density at radius 1 is 1.53 bits per heavy atom. The van der Waals surface area contributed by atoms with Crippen LogP contribution in [-0.2, 0) is 4.79 Å². The molecule has 1 aliphatic heterocycles. The summed E-state index contributed by atoms with van der Waals surface area (Å²) >= 11 is 0. The van der Waals surface area contributed by atoms with Crippen LogP contribution in [-0.4, -0.2) is 33.6 Å². The molecule has 0 amide bonds. The van der Waals surface area contributed by atoms with Gasteiger partial charge in [-0.25, -0.2) is 9.78 Å². The highest BCUT2D eigenvalue weighted by atomic mass is 16.4. The molecule has 1 aliphatic carbocycles.